The van der Waals surface area contributed by atoms with E-state index in [2.05, 4.69) is 26.4 Å². The molecular weight excluding hydrogens is 621 g/mol. The Morgan fingerprint density at radius 2 is 1.79 bits per heavy atom. The standard InChI is InChI=1S/C27H29ClN5O8PS/c28-27-31-24(30-19-11-10-16-8-4-5-9-17(16)19)18-13-29-33(25(18)32-27)26-23(35)22(34)20(41-26)14-43(39,40)21(42(36,37)38)12-15-6-2-1-3-7-15/h1-9,13,19-23,26,34-35H,10-12,14H2,(H,30,31,32)(H2,36,37,38)/t19?,20-,21?,22-,23-,26-/m1/s1. The van der Waals surface area contributed by atoms with Crippen molar-refractivity contribution in [1.82, 2.24) is 19.7 Å². The van der Waals surface area contributed by atoms with Gasteiger partial charge in [0.05, 0.1) is 23.4 Å². The van der Waals surface area contributed by atoms with Gasteiger partial charge in [-0.05, 0) is 41.1 Å². The fourth-order valence-corrected chi connectivity index (χ4v) is 9.69. The van der Waals surface area contributed by atoms with Crippen LogP contribution in [0.5, 0.6) is 0 Å². The number of halogens is 1. The molecule has 4 aromatic rings. The maximum Gasteiger partial charge on any atom is 0.343 e. The highest BCUT2D eigenvalue weighted by Gasteiger charge is 2.49. The topological polar surface area (TPSA) is 197 Å². The SMILES string of the molecule is O=P(O)(O)C(Cc1ccccc1)S(=O)(=O)C[C@H]1O[C@@H](n2ncc3c(NC4CCc5ccccc54)nc(Cl)nc32)[C@H](O)[C@@H]1O. The number of hydrogen-bond donors (Lipinski definition) is 5. The Balaban J connectivity index is 1.25. The molecule has 0 bridgehead atoms. The van der Waals surface area contributed by atoms with Crippen molar-refractivity contribution in [3.63, 3.8) is 0 Å². The summed E-state index contributed by atoms with van der Waals surface area (Å²) in [4.78, 5) is 26.4. The normalized spacial score (nSPS) is 24.7. The minimum Gasteiger partial charge on any atom is -0.387 e. The van der Waals surface area contributed by atoms with Crippen LogP contribution in [0.3, 0.4) is 0 Å². The van der Waals surface area contributed by atoms with Gasteiger partial charge >= 0.3 is 7.60 Å². The van der Waals surface area contributed by atoms with Gasteiger partial charge in [-0.3, -0.25) is 4.57 Å². The van der Waals surface area contributed by atoms with Crippen LogP contribution in [0.1, 0.15) is 35.4 Å². The number of nitrogens with one attached hydrogen (secondary N) is 1. The molecule has 0 amide bonds. The van der Waals surface area contributed by atoms with E-state index in [1.807, 2.05) is 18.2 Å². The summed E-state index contributed by atoms with van der Waals surface area (Å²) in [5.74, 6) is -0.548. The highest BCUT2D eigenvalue weighted by Crippen LogP contribution is 2.47. The molecule has 0 spiro atoms. The number of fused-ring (bicyclic) bond motifs is 2. The van der Waals surface area contributed by atoms with Gasteiger partial charge in [0.2, 0.25) is 5.28 Å². The van der Waals surface area contributed by atoms with E-state index in [9.17, 15) is 33.0 Å². The fraction of sp³-hybridized carbons (Fsp3) is 0.370. The molecule has 43 heavy (non-hydrogen) atoms. The molecule has 1 saturated heterocycles. The molecule has 3 heterocycles. The quantitative estimate of drug-likeness (QED) is 0.131. The summed E-state index contributed by atoms with van der Waals surface area (Å²) in [6.45, 7) is 0. The maximum atomic E-state index is 13.3. The van der Waals surface area contributed by atoms with Crippen LogP contribution in [0, 0.1) is 0 Å². The molecule has 6 atom stereocenters. The van der Waals surface area contributed by atoms with Crippen molar-refractivity contribution in [3.05, 3.63) is 82.8 Å². The Kier molecular flexibility index (Phi) is 8.07. The van der Waals surface area contributed by atoms with Gasteiger partial charge in [-0.15, -0.1) is 0 Å². The van der Waals surface area contributed by atoms with Crippen molar-refractivity contribution < 1.29 is 37.7 Å². The van der Waals surface area contributed by atoms with Gasteiger partial charge < -0.3 is 30.1 Å². The Morgan fingerprint density at radius 1 is 1.07 bits per heavy atom. The largest absolute Gasteiger partial charge is 0.387 e. The van der Waals surface area contributed by atoms with Gasteiger partial charge in [0.15, 0.2) is 26.7 Å². The molecule has 1 aliphatic heterocycles. The maximum absolute atomic E-state index is 13.3. The fourth-order valence-electron chi connectivity index (χ4n) is 5.75. The van der Waals surface area contributed by atoms with Crippen molar-refractivity contribution >= 4 is 45.9 Å². The number of benzene rings is 2. The van der Waals surface area contributed by atoms with E-state index in [1.54, 1.807) is 30.3 Å². The number of aliphatic hydroxyl groups is 2. The number of aromatic nitrogens is 4. The third-order valence-corrected chi connectivity index (χ3v) is 12.6. The first kappa shape index (κ1) is 30.1. The molecule has 2 aromatic heterocycles. The molecule has 16 heteroatoms. The molecule has 228 valence electrons. The highest BCUT2D eigenvalue weighted by atomic mass is 35.5. The molecule has 0 saturated carbocycles. The Bertz CT molecular complexity index is 1800. The lowest BCUT2D eigenvalue weighted by molar-refractivity contribution is -0.0365. The third kappa shape index (κ3) is 5.94. The molecule has 2 aromatic carbocycles. The first-order valence-corrected chi connectivity index (χ1v) is 17.3. The predicted molar refractivity (Wildman–Crippen MR) is 157 cm³/mol. The zero-order valence-electron chi connectivity index (χ0n) is 22.5. The van der Waals surface area contributed by atoms with Crippen molar-refractivity contribution in [3.8, 4) is 0 Å². The number of aliphatic hydroxyl groups excluding tert-OH is 2. The zero-order chi connectivity index (χ0) is 30.5. The molecule has 5 N–H and O–H groups in total. The molecule has 6 rings (SSSR count). The molecule has 0 radical (unpaired) electrons. The van der Waals surface area contributed by atoms with E-state index in [4.69, 9.17) is 16.3 Å². The van der Waals surface area contributed by atoms with Crippen molar-refractivity contribution in [2.24, 2.45) is 0 Å². The van der Waals surface area contributed by atoms with Gasteiger partial charge in [0.25, 0.3) is 0 Å². The van der Waals surface area contributed by atoms with Gasteiger partial charge in [0.1, 0.15) is 24.1 Å². The monoisotopic (exact) mass is 649 g/mol. The Labute approximate surface area is 251 Å². The molecule has 1 fully saturated rings. The molecule has 2 aliphatic rings. The first-order chi connectivity index (χ1) is 20.4. The summed E-state index contributed by atoms with van der Waals surface area (Å²) < 4.78 is 45.9. The smallest absolute Gasteiger partial charge is 0.343 e. The summed E-state index contributed by atoms with van der Waals surface area (Å²) in [7, 11) is -9.69. The summed E-state index contributed by atoms with van der Waals surface area (Å²) >= 11 is 6.26. The minimum atomic E-state index is -5.14. The average Bonchev–Trinajstić information content (AvgIpc) is 3.64. The summed E-state index contributed by atoms with van der Waals surface area (Å²) in [6.07, 6.45) is -3.50. The van der Waals surface area contributed by atoms with Crippen molar-refractivity contribution in [1.29, 1.82) is 0 Å². The number of sulfone groups is 1. The first-order valence-electron chi connectivity index (χ1n) is 13.5. The highest BCUT2D eigenvalue weighted by molar-refractivity contribution is 7.98. The van der Waals surface area contributed by atoms with E-state index in [0.29, 0.717) is 16.8 Å². The average molecular weight is 650 g/mol. The van der Waals surface area contributed by atoms with E-state index >= 15 is 0 Å². The lowest BCUT2D eigenvalue weighted by Gasteiger charge is -2.22. The Morgan fingerprint density at radius 3 is 2.53 bits per heavy atom. The van der Waals surface area contributed by atoms with Gasteiger partial charge in [-0.1, -0.05) is 54.6 Å². The molecule has 1 aliphatic carbocycles. The summed E-state index contributed by atoms with van der Waals surface area (Å²) in [5.41, 5.74) is 2.95. The number of rotatable bonds is 9. The van der Waals surface area contributed by atoms with Crippen LogP contribution in [-0.4, -0.2) is 77.2 Å². The number of nitrogens with zero attached hydrogens (tertiary/aromatic N) is 4. The lowest BCUT2D eigenvalue weighted by atomic mass is 10.1. The number of anilines is 1. The van der Waals surface area contributed by atoms with Crippen LogP contribution in [0.4, 0.5) is 5.82 Å². The summed E-state index contributed by atoms with van der Waals surface area (Å²) in [5, 5.41) is 29.7. The van der Waals surface area contributed by atoms with Crippen molar-refractivity contribution in [2.75, 3.05) is 11.1 Å². The number of ether oxygens (including phenoxy) is 1. The predicted octanol–water partition coefficient (Wildman–Crippen LogP) is 2.36. The Hall–Kier alpha value is -2.94. The van der Waals surface area contributed by atoms with Crippen LogP contribution in [0.15, 0.2) is 60.8 Å². The van der Waals surface area contributed by atoms with E-state index < -0.39 is 59.1 Å². The lowest BCUT2D eigenvalue weighted by Crippen LogP contribution is -2.38. The van der Waals surface area contributed by atoms with Gasteiger partial charge in [0, 0.05) is 6.42 Å². The molecular formula is C27H29ClN5O8PS. The number of hydrogen-bond acceptors (Lipinski definition) is 10. The van der Waals surface area contributed by atoms with Crippen molar-refractivity contribution in [2.45, 2.75) is 54.8 Å². The van der Waals surface area contributed by atoms with E-state index in [-0.39, 0.29) is 17.0 Å². The number of aryl methyl sites for hydroxylation is 1. The van der Waals surface area contributed by atoms with E-state index in [0.717, 1.165) is 18.4 Å². The summed E-state index contributed by atoms with van der Waals surface area (Å²) in [6, 6.07) is 16.1. The molecule has 2 unspecified atom stereocenters. The van der Waals surface area contributed by atoms with Gasteiger partial charge in [-0.25, -0.2) is 13.1 Å². The zero-order valence-corrected chi connectivity index (χ0v) is 25.0. The van der Waals surface area contributed by atoms with E-state index in [1.165, 1.54) is 16.4 Å². The second-order valence-corrected chi connectivity index (χ2v) is 15.4. The van der Waals surface area contributed by atoms with Crippen LogP contribution >= 0.6 is 19.2 Å². The van der Waals surface area contributed by atoms with Crippen LogP contribution in [-0.2, 0) is 32.0 Å². The van der Waals surface area contributed by atoms with Crippen LogP contribution in [0.25, 0.3) is 11.0 Å². The van der Waals surface area contributed by atoms with Crippen LogP contribution in [0.2, 0.25) is 5.28 Å². The third-order valence-electron chi connectivity index (χ3n) is 7.89. The second kappa shape index (κ2) is 11.5. The second-order valence-electron chi connectivity index (χ2n) is 10.7. The molecule has 13 nitrogen and oxygen atoms in total. The minimum absolute atomic E-state index is 0.0312. The van der Waals surface area contributed by atoms with Gasteiger partial charge in [-0.2, -0.15) is 15.1 Å². The van der Waals surface area contributed by atoms with Crippen LogP contribution < -0.4 is 5.32 Å².